The maximum atomic E-state index is 13.6. The van der Waals surface area contributed by atoms with Crippen LogP contribution in [-0.4, -0.2) is 47.4 Å². The molecule has 0 bridgehead atoms. The zero-order valence-electron chi connectivity index (χ0n) is 17.2. The fourth-order valence-corrected chi connectivity index (χ4v) is 3.60. The highest BCUT2D eigenvalue weighted by Gasteiger charge is 2.12. The number of anilines is 1. The molecule has 0 aliphatic rings. The average Bonchev–Trinajstić information content (AvgIpc) is 2.69. The first-order valence-corrected chi connectivity index (χ1v) is 10.8. The lowest BCUT2D eigenvalue weighted by atomic mass is 10.1. The number of hydrogen-bond donors (Lipinski definition) is 3. The molecule has 0 saturated heterocycles. The van der Waals surface area contributed by atoms with Crippen molar-refractivity contribution in [2.75, 3.05) is 37.7 Å². The van der Waals surface area contributed by atoms with Gasteiger partial charge in [0.15, 0.2) is 5.96 Å². The van der Waals surface area contributed by atoms with Gasteiger partial charge in [-0.25, -0.2) is 12.8 Å². The molecule has 10 heteroatoms. The molecule has 0 unspecified atom stereocenters. The third-order valence-electron chi connectivity index (χ3n) is 4.21. The van der Waals surface area contributed by atoms with Gasteiger partial charge in [-0.1, -0.05) is 24.3 Å². The first-order chi connectivity index (χ1) is 13.8. The summed E-state index contributed by atoms with van der Waals surface area (Å²) in [4.78, 5) is 4.09. The number of para-hydroxylation sites is 1. The molecule has 166 valence electrons. The summed E-state index contributed by atoms with van der Waals surface area (Å²) < 4.78 is 45.6. The third kappa shape index (κ3) is 8.34. The second-order valence-electron chi connectivity index (χ2n) is 6.37. The van der Waals surface area contributed by atoms with E-state index < -0.39 is 15.8 Å². The molecule has 0 aromatic heterocycles. The van der Waals surface area contributed by atoms with Gasteiger partial charge in [0.1, 0.15) is 11.6 Å². The van der Waals surface area contributed by atoms with E-state index in [-0.39, 0.29) is 42.0 Å². The Kier molecular flexibility index (Phi) is 10.9. The number of halogens is 2. The molecule has 0 aliphatic carbocycles. The van der Waals surface area contributed by atoms with Crippen LogP contribution in [0.25, 0.3) is 0 Å². The fraction of sp³-hybridized carbons (Fsp3) is 0.350. The summed E-state index contributed by atoms with van der Waals surface area (Å²) in [5.41, 5.74) is 1.72. The zero-order valence-corrected chi connectivity index (χ0v) is 20.4. The zero-order chi connectivity index (χ0) is 21.3. The summed E-state index contributed by atoms with van der Waals surface area (Å²) >= 11 is 0. The lowest BCUT2D eigenvalue weighted by Gasteiger charge is -2.14. The van der Waals surface area contributed by atoms with Gasteiger partial charge in [-0.2, -0.15) is 0 Å². The molecule has 0 heterocycles. The predicted octanol–water partition coefficient (Wildman–Crippen LogP) is 2.91. The van der Waals surface area contributed by atoms with Crippen molar-refractivity contribution in [3.8, 4) is 5.75 Å². The van der Waals surface area contributed by atoms with E-state index in [0.29, 0.717) is 18.1 Å². The number of guanidine groups is 1. The topological polar surface area (TPSA) is 91.8 Å². The third-order valence-corrected chi connectivity index (χ3v) is 5.50. The largest absolute Gasteiger partial charge is 0.496 e. The fourth-order valence-electron chi connectivity index (χ4n) is 2.64. The summed E-state index contributed by atoms with van der Waals surface area (Å²) in [7, 11) is -0.377. The van der Waals surface area contributed by atoms with Gasteiger partial charge in [0.05, 0.1) is 18.6 Å². The molecule has 3 N–H and O–H groups in total. The van der Waals surface area contributed by atoms with E-state index in [1.807, 2.05) is 24.3 Å². The summed E-state index contributed by atoms with van der Waals surface area (Å²) in [6.45, 7) is 2.37. The van der Waals surface area contributed by atoms with Crippen molar-refractivity contribution in [1.82, 2.24) is 10.6 Å². The SMILES string of the molecule is CN=C(NCCc1ccccc1OC)NCCS(=O)(=O)Nc1ccc(C)c(F)c1.I. The molecule has 7 nitrogen and oxygen atoms in total. The number of sulfonamides is 1. The van der Waals surface area contributed by atoms with Gasteiger partial charge in [0.2, 0.25) is 10.0 Å². The number of nitrogens with one attached hydrogen (secondary N) is 3. The van der Waals surface area contributed by atoms with Crippen molar-refractivity contribution < 1.29 is 17.5 Å². The van der Waals surface area contributed by atoms with Crippen LogP contribution in [0.1, 0.15) is 11.1 Å². The maximum Gasteiger partial charge on any atom is 0.234 e. The lowest BCUT2D eigenvalue weighted by Crippen LogP contribution is -2.40. The first-order valence-electron chi connectivity index (χ1n) is 9.17. The van der Waals surface area contributed by atoms with Gasteiger partial charge in [-0.15, -0.1) is 24.0 Å². The quantitative estimate of drug-likeness (QED) is 0.254. The number of rotatable bonds is 9. The van der Waals surface area contributed by atoms with Crippen LogP contribution in [0.2, 0.25) is 0 Å². The Morgan fingerprint density at radius 2 is 1.83 bits per heavy atom. The summed E-state index contributed by atoms with van der Waals surface area (Å²) in [5.74, 6) is 0.678. The Morgan fingerprint density at radius 1 is 1.13 bits per heavy atom. The van der Waals surface area contributed by atoms with Crippen LogP contribution < -0.4 is 20.1 Å². The summed E-state index contributed by atoms with van der Waals surface area (Å²) in [6.07, 6.45) is 0.726. The molecule has 0 saturated carbocycles. The monoisotopic (exact) mass is 550 g/mol. The number of hydrogen-bond acceptors (Lipinski definition) is 4. The van der Waals surface area contributed by atoms with Gasteiger partial charge in [-0.05, 0) is 42.7 Å². The second kappa shape index (κ2) is 12.6. The normalized spacial score (nSPS) is 11.4. The van der Waals surface area contributed by atoms with Gasteiger partial charge in [0.25, 0.3) is 0 Å². The molecular weight excluding hydrogens is 522 g/mol. The van der Waals surface area contributed by atoms with E-state index >= 15 is 0 Å². The van der Waals surface area contributed by atoms with Gasteiger partial charge in [0, 0.05) is 20.1 Å². The Bertz CT molecular complexity index is 955. The van der Waals surface area contributed by atoms with Crippen molar-refractivity contribution >= 4 is 45.6 Å². The molecule has 0 fully saturated rings. The van der Waals surface area contributed by atoms with Crippen molar-refractivity contribution in [2.45, 2.75) is 13.3 Å². The molecule has 2 rings (SSSR count). The van der Waals surface area contributed by atoms with Crippen LogP contribution in [0.5, 0.6) is 5.75 Å². The number of nitrogens with zero attached hydrogens (tertiary/aromatic N) is 1. The number of aliphatic imine (C=N–C) groups is 1. The van der Waals surface area contributed by atoms with Crippen LogP contribution in [0.3, 0.4) is 0 Å². The Hall–Kier alpha value is -2.08. The Morgan fingerprint density at radius 3 is 2.50 bits per heavy atom. The van der Waals surface area contributed by atoms with Crippen molar-refractivity contribution in [2.24, 2.45) is 4.99 Å². The lowest BCUT2D eigenvalue weighted by molar-refractivity contribution is 0.409. The van der Waals surface area contributed by atoms with Gasteiger partial charge in [-0.3, -0.25) is 9.71 Å². The smallest absolute Gasteiger partial charge is 0.234 e. The van der Waals surface area contributed by atoms with E-state index in [9.17, 15) is 12.8 Å². The van der Waals surface area contributed by atoms with Crippen LogP contribution >= 0.6 is 24.0 Å². The number of methoxy groups -OCH3 is 1. The van der Waals surface area contributed by atoms with Crippen molar-refractivity contribution in [3.05, 3.63) is 59.4 Å². The average molecular weight is 550 g/mol. The molecule has 2 aromatic rings. The highest BCUT2D eigenvalue weighted by molar-refractivity contribution is 14.0. The van der Waals surface area contributed by atoms with Crippen molar-refractivity contribution in [3.63, 3.8) is 0 Å². The maximum absolute atomic E-state index is 13.6. The number of ether oxygens (including phenoxy) is 1. The number of benzene rings is 2. The molecule has 2 aromatic carbocycles. The molecule has 30 heavy (non-hydrogen) atoms. The van der Waals surface area contributed by atoms with Crippen LogP contribution in [0.15, 0.2) is 47.5 Å². The second-order valence-corrected chi connectivity index (χ2v) is 8.21. The van der Waals surface area contributed by atoms with Gasteiger partial charge < -0.3 is 15.4 Å². The molecule has 0 radical (unpaired) electrons. The van der Waals surface area contributed by atoms with Crippen LogP contribution in [0.4, 0.5) is 10.1 Å². The minimum atomic E-state index is -3.62. The Labute approximate surface area is 194 Å². The molecular formula is C20H28FIN4O3S. The summed E-state index contributed by atoms with van der Waals surface area (Å²) in [6, 6.07) is 12.0. The minimum Gasteiger partial charge on any atom is -0.496 e. The van der Waals surface area contributed by atoms with Crippen LogP contribution in [0, 0.1) is 12.7 Å². The number of aryl methyl sites for hydroxylation is 1. The van der Waals surface area contributed by atoms with E-state index in [2.05, 4.69) is 20.3 Å². The Balaban J connectivity index is 0.00000450. The van der Waals surface area contributed by atoms with Gasteiger partial charge >= 0.3 is 0 Å². The first kappa shape index (κ1) is 26.0. The summed E-state index contributed by atoms with van der Waals surface area (Å²) in [5, 5.41) is 6.10. The highest BCUT2D eigenvalue weighted by Crippen LogP contribution is 2.17. The molecule has 0 amide bonds. The molecule has 0 atom stereocenters. The van der Waals surface area contributed by atoms with E-state index in [0.717, 1.165) is 17.7 Å². The van der Waals surface area contributed by atoms with Crippen molar-refractivity contribution in [1.29, 1.82) is 0 Å². The van der Waals surface area contributed by atoms with E-state index in [4.69, 9.17) is 4.74 Å². The minimum absolute atomic E-state index is 0. The van der Waals surface area contributed by atoms with E-state index in [1.54, 1.807) is 21.1 Å². The molecule has 0 spiro atoms. The standard InChI is InChI=1S/C20H27FN4O3S.HI/c1-15-8-9-17(14-18(15)21)25-29(26,27)13-12-24-20(22-2)23-11-10-16-6-4-5-7-19(16)28-3;/h4-9,14,25H,10-13H2,1-3H3,(H2,22,23,24);1H. The highest BCUT2D eigenvalue weighted by atomic mass is 127. The van der Waals surface area contributed by atoms with Crippen LogP contribution in [-0.2, 0) is 16.4 Å². The van der Waals surface area contributed by atoms with E-state index in [1.165, 1.54) is 18.2 Å². The predicted molar refractivity (Wildman–Crippen MR) is 130 cm³/mol. The molecule has 0 aliphatic heterocycles.